The number of allylic oxidation sites excluding steroid dienone is 4. The van der Waals surface area contributed by atoms with Gasteiger partial charge in [0.1, 0.15) is 0 Å². The van der Waals surface area contributed by atoms with Crippen molar-refractivity contribution < 1.29 is 0 Å². The van der Waals surface area contributed by atoms with Crippen molar-refractivity contribution >= 4 is 11.3 Å². The van der Waals surface area contributed by atoms with Gasteiger partial charge in [0.25, 0.3) is 0 Å². The summed E-state index contributed by atoms with van der Waals surface area (Å²) in [4.78, 5) is 0. The van der Waals surface area contributed by atoms with Gasteiger partial charge in [-0.3, -0.25) is 0 Å². The Labute approximate surface area is 129 Å². The Morgan fingerprint density at radius 3 is 2.33 bits per heavy atom. The first-order chi connectivity index (χ1) is 9.99. The van der Waals surface area contributed by atoms with E-state index in [1.54, 1.807) is 0 Å². The summed E-state index contributed by atoms with van der Waals surface area (Å²) in [5, 5.41) is 8.43. The molecule has 1 aliphatic rings. The molecule has 0 saturated carbocycles. The number of hydrogen-bond donors (Lipinski definition) is 1. The Kier molecular flexibility index (Phi) is 4.82. The summed E-state index contributed by atoms with van der Waals surface area (Å²) in [6.07, 6.45) is 3.11. The fourth-order valence-corrected chi connectivity index (χ4v) is 3.27. The van der Waals surface area contributed by atoms with Crippen LogP contribution in [-0.2, 0) is 0 Å². The van der Waals surface area contributed by atoms with Gasteiger partial charge in [-0.15, -0.1) is 0 Å². The molecule has 1 atom stereocenters. The first-order valence-corrected chi connectivity index (χ1v) is 8.04. The molecule has 1 aliphatic carbocycles. The Balaban J connectivity index is 2.45. The molecule has 0 radical (unpaired) electrons. The van der Waals surface area contributed by atoms with Crippen molar-refractivity contribution in [1.82, 2.24) is 0 Å². The van der Waals surface area contributed by atoms with Crippen LogP contribution in [-0.4, -0.2) is 5.71 Å². The van der Waals surface area contributed by atoms with Gasteiger partial charge in [0.15, 0.2) is 0 Å². The van der Waals surface area contributed by atoms with Crippen LogP contribution in [0.15, 0.2) is 41.0 Å². The third kappa shape index (κ3) is 2.88. The van der Waals surface area contributed by atoms with Crippen LogP contribution in [0.1, 0.15) is 65.0 Å². The first-order valence-electron chi connectivity index (χ1n) is 8.04. The lowest BCUT2D eigenvalue weighted by atomic mass is 9.87. The zero-order chi connectivity index (χ0) is 15.6. The molecule has 0 amide bonds. The van der Waals surface area contributed by atoms with Crippen molar-refractivity contribution in [1.29, 1.82) is 5.41 Å². The van der Waals surface area contributed by atoms with Gasteiger partial charge < -0.3 is 5.41 Å². The van der Waals surface area contributed by atoms with Crippen molar-refractivity contribution in [2.75, 3.05) is 0 Å². The van der Waals surface area contributed by atoms with Crippen LogP contribution in [0.4, 0.5) is 0 Å². The zero-order valence-corrected chi connectivity index (χ0v) is 14.0. The van der Waals surface area contributed by atoms with E-state index in [0.717, 1.165) is 30.5 Å². The van der Waals surface area contributed by atoms with Gasteiger partial charge in [-0.1, -0.05) is 50.1 Å². The fraction of sp³-hybridized carbons (Fsp3) is 0.450. The minimum Gasteiger partial charge on any atom is -0.305 e. The highest BCUT2D eigenvalue weighted by atomic mass is 14.4. The SMILES string of the molecule is CCCCC(=N)c1ccccc1C1=C(C)C(C)=C(C)C1C. The Hall–Kier alpha value is -1.63. The van der Waals surface area contributed by atoms with Crippen LogP contribution in [0.3, 0.4) is 0 Å². The van der Waals surface area contributed by atoms with E-state index in [2.05, 4.69) is 58.9 Å². The molecule has 1 N–H and O–H groups in total. The second-order valence-electron chi connectivity index (χ2n) is 6.20. The Morgan fingerprint density at radius 2 is 1.76 bits per heavy atom. The van der Waals surface area contributed by atoms with Crippen LogP contribution in [0, 0.1) is 11.3 Å². The summed E-state index contributed by atoms with van der Waals surface area (Å²) in [6, 6.07) is 8.46. The first kappa shape index (κ1) is 15.8. The van der Waals surface area contributed by atoms with Gasteiger partial charge in [-0.05, 0) is 55.9 Å². The van der Waals surface area contributed by atoms with E-state index in [4.69, 9.17) is 5.41 Å². The third-order valence-corrected chi connectivity index (χ3v) is 4.96. The van der Waals surface area contributed by atoms with Crippen molar-refractivity contribution in [2.45, 2.75) is 53.9 Å². The van der Waals surface area contributed by atoms with E-state index in [1.807, 2.05) is 0 Å². The van der Waals surface area contributed by atoms with Crippen molar-refractivity contribution in [3.63, 3.8) is 0 Å². The van der Waals surface area contributed by atoms with Crippen LogP contribution in [0.2, 0.25) is 0 Å². The molecule has 0 heterocycles. The number of nitrogens with one attached hydrogen (secondary N) is 1. The van der Waals surface area contributed by atoms with Gasteiger partial charge in [0.05, 0.1) is 0 Å². The highest BCUT2D eigenvalue weighted by molar-refractivity contribution is 6.03. The predicted molar refractivity (Wildman–Crippen MR) is 92.9 cm³/mol. The van der Waals surface area contributed by atoms with E-state index >= 15 is 0 Å². The van der Waals surface area contributed by atoms with Crippen molar-refractivity contribution in [2.24, 2.45) is 5.92 Å². The van der Waals surface area contributed by atoms with Crippen LogP contribution in [0.5, 0.6) is 0 Å². The molecular formula is C20H27N. The Bertz CT molecular complexity index is 616. The quantitative estimate of drug-likeness (QED) is 0.640. The number of rotatable bonds is 5. The van der Waals surface area contributed by atoms with Gasteiger partial charge in [-0.2, -0.15) is 0 Å². The van der Waals surface area contributed by atoms with Gasteiger partial charge in [-0.25, -0.2) is 0 Å². The second kappa shape index (κ2) is 6.43. The monoisotopic (exact) mass is 281 g/mol. The predicted octanol–water partition coefficient (Wildman–Crippen LogP) is 6.00. The molecule has 1 aromatic carbocycles. The van der Waals surface area contributed by atoms with Crippen LogP contribution >= 0.6 is 0 Å². The molecule has 0 bridgehead atoms. The maximum atomic E-state index is 8.43. The lowest BCUT2D eigenvalue weighted by Gasteiger charge is -2.17. The normalized spacial score (nSPS) is 18.6. The van der Waals surface area contributed by atoms with Crippen LogP contribution < -0.4 is 0 Å². The molecule has 0 aliphatic heterocycles. The molecule has 21 heavy (non-hydrogen) atoms. The molecule has 1 heteroatoms. The molecule has 2 rings (SSSR count). The summed E-state index contributed by atoms with van der Waals surface area (Å²) < 4.78 is 0. The largest absolute Gasteiger partial charge is 0.305 e. The fourth-order valence-electron chi connectivity index (χ4n) is 3.27. The molecule has 1 nitrogen and oxygen atoms in total. The van der Waals surface area contributed by atoms with Crippen molar-refractivity contribution in [3.05, 3.63) is 52.1 Å². The van der Waals surface area contributed by atoms with Crippen molar-refractivity contribution in [3.8, 4) is 0 Å². The average molecular weight is 281 g/mol. The topological polar surface area (TPSA) is 23.9 Å². The molecule has 0 aromatic heterocycles. The second-order valence-corrected chi connectivity index (χ2v) is 6.20. The number of hydrogen-bond acceptors (Lipinski definition) is 1. The van der Waals surface area contributed by atoms with E-state index in [0.29, 0.717) is 5.92 Å². The van der Waals surface area contributed by atoms with E-state index in [-0.39, 0.29) is 0 Å². The molecule has 1 unspecified atom stereocenters. The highest BCUT2D eigenvalue weighted by Gasteiger charge is 2.26. The minimum absolute atomic E-state index is 0.463. The Morgan fingerprint density at radius 1 is 1.10 bits per heavy atom. The molecule has 0 saturated heterocycles. The van der Waals surface area contributed by atoms with E-state index < -0.39 is 0 Å². The minimum atomic E-state index is 0.463. The summed E-state index contributed by atoms with van der Waals surface area (Å²) in [7, 11) is 0. The van der Waals surface area contributed by atoms with E-state index in [1.165, 1.54) is 27.9 Å². The van der Waals surface area contributed by atoms with E-state index in [9.17, 15) is 0 Å². The van der Waals surface area contributed by atoms with Gasteiger partial charge >= 0.3 is 0 Å². The third-order valence-electron chi connectivity index (χ3n) is 4.96. The summed E-state index contributed by atoms with van der Waals surface area (Å²) >= 11 is 0. The molecular weight excluding hydrogens is 254 g/mol. The number of benzene rings is 1. The summed E-state index contributed by atoms with van der Waals surface area (Å²) in [5.41, 5.74) is 8.87. The summed E-state index contributed by atoms with van der Waals surface area (Å²) in [5.74, 6) is 0.463. The van der Waals surface area contributed by atoms with Gasteiger partial charge in [0, 0.05) is 17.2 Å². The van der Waals surface area contributed by atoms with Gasteiger partial charge in [0.2, 0.25) is 0 Å². The maximum absolute atomic E-state index is 8.43. The molecule has 1 aromatic rings. The standard InChI is InChI=1S/C20H27N/c1-6-7-12-19(21)17-10-8-9-11-18(17)20-15(4)13(2)14(3)16(20)5/h8-11,15,21H,6-7,12H2,1-5H3. The average Bonchev–Trinajstić information content (AvgIpc) is 2.69. The zero-order valence-electron chi connectivity index (χ0n) is 14.0. The maximum Gasteiger partial charge on any atom is 0.0392 e. The lowest BCUT2D eigenvalue weighted by Crippen LogP contribution is -2.06. The molecule has 0 spiro atoms. The lowest BCUT2D eigenvalue weighted by molar-refractivity contribution is 0.832. The number of unbranched alkanes of at least 4 members (excludes halogenated alkanes) is 1. The summed E-state index contributed by atoms with van der Waals surface area (Å²) in [6.45, 7) is 11.2. The molecule has 112 valence electrons. The molecule has 0 fully saturated rings. The smallest absolute Gasteiger partial charge is 0.0392 e. The van der Waals surface area contributed by atoms with Crippen LogP contribution in [0.25, 0.3) is 5.57 Å². The highest BCUT2D eigenvalue weighted by Crippen LogP contribution is 2.43.